The molecule has 0 aliphatic carbocycles. The van der Waals surface area contributed by atoms with Crippen LogP contribution in [0.1, 0.15) is 35.5 Å². The molecule has 0 bridgehead atoms. The van der Waals surface area contributed by atoms with Gasteiger partial charge in [0.2, 0.25) is 0 Å². The van der Waals surface area contributed by atoms with Crippen LogP contribution in [0.4, 0.5) is 0 Å². The predicted octanol–water partition coefficient (Wildman–Crippen LogP) is 2.93. The standard InChI is InChI=1S/C16H19N3O2/c1-10-9-14(15(11(2)18-10)16(17)19-20)21-12(3)13-7-5-4-6-8-13/h4-9,12,20H,1-3H3,(H2,17,19). The van der Waals surface area contributed by atoms with Crippen molar-refractivity contribution < 1.29 is 9.94 Å². The maximum Gasteiger partial charge on any atom is 0.175 e. The van der Waals surface area contributed by atoms with Gasteiger partial charge in [-0.3, -0.25) is 4.98 Å². The first kappa shape index (κ1) is 14.8. The molecule has 0 saturated carbocycles. The molecule has 0 aliphatic heterocycles. The van der Waals surface area contributed by atoms with Gasteiger partial charge in [0.1, 0.15) is 11.9 Å². The Kier molecular flexibility index (Phi) is 4.42. The van der Waals surface area contributed by atoms with Crippen molar-refractivity contribution in [2.24, 2.45) is 10.9 Å². The smallest absolute Gasteiger partial charge is 0.175 e. The zero-order valence-electron chi connectivity index (χ0n) is 12.4. The third-order valence-corrected chi connectivity index (χ3v) is 3.23. The van der Waals surface area contributed by atoms with Gasteiger partial charge in [0.05, 0.1) is 11.3 Å². The van der Waals surface area contributed by atoms with E-state index in [0.29, 0.717) is 17.0 Å². The molecule has 1 unspecified atom stereocenters. The number of nitrogens with zero attached hydrogens (tertiary/aromatic N) is 2. The van der Waals surface area contributed by atoms with Gasteiger partial charge in [0, 0.05) is 11.8 Å². The summed E-state index contributed by atoms with van der Waals surface area (Å²) in [4.78, 5) is 4.33. The third-order valence-electron chi connectivity index (χ3n) is 3.23. The van der Waals surface area contributed by atoms with Crippen LogP contribution in [0, 0.1) is 13.8 Å². The molecule has 0 spiro atoms. The average molecular weight is 285 g/mol. The lowest BCUT2D eigenvalue weighted by atomic mass is 10.1. The Labute approximate surface area is 124 Å². The highest BCUT2D eigenvalue weighted by molar-refractivity contribution is 6.00. The van der Waals surface area contributed by atoms with Crippen molar-refractivity contribution in [3.05, 3.63) is 58.9 Å². The minimum Gasteiger partial charge on any atom is -0.485 e. The maximum atomic E-state index is 8.94. The molecule has 1 heterocycles. The Balaban J connectivity index is 2.39. The van der Waals surface area contributed by atoms with Crippen LogP contribution in [0.3, 0.4) is 0 Å². The van der Waals surface area contributed by atoms with Gasteiger partial charge < -0.3 is 15.7 Å². The van der Waals surface area contributed by atoms with E-state index in [1.165, 1.54) is 0 Å². The summed E-state index contributed by atoms with van der Waals surface area (Å²) in [6.45, 7) is 5.64. The van der Waals surface area contributed by atoms with E-state index in [0.717, 1.165) is 11.3 Å². The number of pyridine rings is 1. The normalized spacial score (nSPS) is 13.0. The molecule has 3 N–H and O–H groups in total. The molecule has 0 radical (unpaired) electrons. The molecule has 2 rings (SSSR count). The SMILES string of the molecule is Cc1cc(OC(C)c2ccccc2)c(/C(N)=N/O)c(C)n1. The van der Waals surface area contributed by atoms with E-state index in [1.807, 2.05) is 44.2 Å². The number of aromatic nitrogens is 1. The molecule has 0 saturated heterocycles. The Morgan fingerprint density at radius 2 is 1.95 bits per heavy atom. The summed E-state index contributed by atoms with van der Waals surface area (Å²) in [5.74, 6) is 0.557. The summed E-state index contributed by atoms with van der Waals surface area (Å²) in [7, 11) is 0. The number of rotatable bonds is 4. The van der Waals surface area contributed by atoms with Gasteiger partial charge in [-0.15, -0.1) is 0 Å². The highest BCUT2D eigenvalue weighted by atomic mass is 16.5. The summed E-state index contributed by atoms with van der Waals surface area (Å²) in [6, 6.07) is 11.7. The zero-order chi connectivity index (χ0) is 15.4. The summed E-state index contributed by atoms with van der Waals surface area (Å²) in [5, 5.41) is 12.0. The van der Waals surface area contributed by atoms with Crippen molar-refractivity contribution >= 4 is 5.84 Å². The highest BCUT2D eigenvalue weighted by Gasteiger charge is 2.17. The number of amidine groups is 1. The number of nitrogens with two attached hydrogens (primary N) is 1. The topological polar surface area (TPSA) is 80.7 Å². The lowest BCUT2D eigenvalue weighted by Gasteiger charge is -2.19. The Morgan fingerprint density at radius 3 is 2.57 bits per heavy atom. The second kappa shape index (κ2) is 6.26. The second-order valence-corrected chi connectivity index (χ2v) is 4.88. The monoisotopic (exact) mass is 285 g/mol. The second-order valence-electron chi connectivity index (χ2n) is 4.88. The number of hydrogen-bond acceptors (Lipinski definition) is 4. The van der Waals surface area contributed by atoms with Gasteiger partial charge in [-0.2, -0.15) is 0 Å². The lowest BCUT2D eigenvalue weighted by Crippen LogP contribution is -2.18. The number of benzene rings is 1. The van der Waals surface area contributed by atoms with Gasteiger partial charge in [-0.05, 0) is 26.3 Å². The van der Waals surface area contributed by atoms with Crippen LogP contribution in [0.25, 0.3) is 0 Å². The summed E-state index contributed by atoms with van der Waals surface area (Å²) < 4.78 is 6.00. The van der Waals surface area contributed by atoms with Gasteiger partial charge in [-0.25, -0.2) is 0 Å². The minimum absolute atomic E-state index is 0.00439. The molecular formula is C16H19N3O2. The van der Waals surface area contributed by atoms with Gasteiger partial charge in [0.15, 0.2) is 5.84 Å². The first-order valence-electron chi connectivity index (χ1n) is 6.70. The van der Waals surface area contributed by atoms with Crippen LogP contribution in [0.5, 0.6) is 5.75 Å². The number of aryl methyl sites for hydroxylation is 2. The molecule has 2 aromatic rings. The highest BCUT2D eigenvalue weighted by Crippen LogP contribution is 2.27. The molecule has 0 aliphatic rings. The quantitative estimate of drug-likeness (QED) is 0.392. The Morgan fingerprint density at radius 1 is 1.29 bits per heavy atom. The largest absolute Gasteiger partial charge is 0.485 e. The molecule has 21 heavy (non-hydrogen) atoms. The molecule has 1 aromatic heterocycles. The molecule has 110 valence electrons. The molecule has 1 atom stereocenters. The van der Waals surface area contributed by atoms with Gasteiger partial charge >= 0.3 is 0 Å². The summed E-state index contributed by atoms with van der Waals surface area (Å²) >= 11 is 0. The fourth-order valence-corrected chi connectivity index (χ4v) is 2.23. The number of oxime groups is 1. The van der Waals surface area contributed by atoms with Crippen LogP contribution in [-0.4, -0.2) is 16.0 Å². The zero-order valence-corrected chi connectivity index (χ0v) is 12.4. The van der Waals surface area contributed by atoms with Crippen LogP contribution in [0.2, 0.25) is 0 Å². The van der Waals surface area contributed by atoms with E-state index in [-0.39, 0.29) is 11.9 Å². The third kappa shape index (κ3) is 3.31. The van der Waals surface area contributed by atoms with E-state index in [2.05, 4.69) is 10.1 Å². The maximum absolute atomic E-state index is 8.94. The summed E-state index contributed by atoms with van der Waals surface area (Å²) in [5.41, 5.74) is 8.79. The van der Waals surface area contributed by atoms with E-state index in [4.69, 9.17) is 15.7 Å². The van der Waals surface area contributed by atoms with Crippen LogP contribution >= 0.6 is 0 Å². The average Bonchev–Trinajstić information content (AvgIpc) is 2.47. The molecule has 0 fully saturated rings. The van der Waals surface area contributed by atoms with E-state index < -0.39 is 0 Å². The van der Waals surface area contributed by atoms with Crippen molar-refractivity contribution in [2.45, 2.75) is 26.9 Å². The fraction of sp³-hybridized carbons (Fsp3) is 0.250. The van der Waals surface area contributed by atoms with Crippen molar-refractivity contribution in [1.29, 1.82) is 0 Å². The van der Waals surface area contributed by atoms with Crippen molar-refractivity contribution in [1.82, 2.24) is 4.98 Å². The van der Waals surface area contributed by atoms with Crippen molar-refractivity contribution in [2.75, 3.05) is 0 Å². The molecule has 0 amide bonds. The lowest BCUT2D eigenvalue weighted by molar-refractivity contribution is 0.225. The van der Waals surface area contributed by atoms with E-state index in [9.17, 15) is 0 Å². The van der Waals surface area contributed by atoms with Gasteiger partial charge in [0.25, 0.3) is 0 Å². The molecule has 5 nitrogen and oxygen atoms in total. The Hall–Kier alpha value is -2.56. The number of ether oxygens (including phenoxy) is 1. The van der Waals surface area contributed by atoms with E-state index in [1.54, 1.807) is 13.0 Å². The van der Waals surface area contributed by atoms with Gasteiger partial charge in [-0.1, -0.05) is 35.5 Å². The first-order valence-corrected chi connectivity index (χ1v) is 6.70. The molecule has 1 aromatic carbocycles. The number of hydrogen-bond donors (Lipinski definition) is 2. The van der Waals surface area contributed by atoms with Crippen LogP contribution in [0.15, 0.2) is 41.6 Å². The first-order chi connectivity index (χ1) is 10.0. The molecule has 5 heteroatoms. The summed E-state index contributed by atoms with van der Waals surface area (Å²) in [6.07, 6.45) is -0.155. The predicted molar refractivity (Wildman–Crippen MR) is 81.7 cm³/mol. The van der Waals surface area contributed by atoms with Crippen molar-refractivity contribution in [3.8, 4) is 5.75 Å². The molecular weight excluding hydrogens is 266 g/mol. The van der Waals surface area contributed by atoms with Crippen LogP contribution < -0.4 is 10.5 Å². The minimum atomic E-state index is -0.155. The van der Waals surface area contributed by atoms with Crippen LogP contribution in [-0.2, 0) is 0 Å². The fourth-order valence-electron chi connectivity index (χ4n) is 2.23. The van der Waals surface area contributed by atoms with E-state index >= 15 is 0 Å². The Bertz CT molecular complexity index is 654. The van der Waals surface area contributed by atoms with Crippen molar-refractivity contribution in [3.63, 3.8) is 0 Å².